The van der Waals surface area contributed by atoms with Crippen LogP contribution in [0.4, 0.5) is 4.79 Å². The summed E-state index contributed by atoms with van der Waals surface area (Å²) in [6.07, 6.45) is -1.43. The van der Waals surface area contributed by atoms with Gasteiger partial charge in [0.15, 0.2) is 0 Å². The largest absolute Gasteiger partial charge is 0.466 e. The van der Waals surface area contributed by atoms with Gasteiger partial charge in [0, 0.05) is 13.0 Å². The summed E-state index contributed by atoms with van der Waals surface area (Å²) < 4.78 is 10.1. The van der Waals surface area contributed by atoms with E-state index in [1.165, 1.54) is 0 Å². The van der Waals surface area contributed by atoms with E-state index >= 15 is 0 Å². The Labute approximate surface area is 222 Å². The first-order valence-electron chi connectivity index (χ1n) is 12.2. The molecule has 1 rings (SSSR count). The minimum Gasteiger partial charge on any atom is -0.466 e. The van der Waals surface area contributed by atoms with Crippen LogP contribution in [0.2, 0.25) is 0 Å². The summed E-state index contributed by atoms with van der Waals surface area (Å²) in [6, 6.07) is 6.12. The smallest absolute Gasteiger partial charge is 0.408 e. The molecule has 4 N–H and O–H groups in total. The van der Waals surface area contributed by atoms with Crippen molar-refractivity contribution in [2.24, 2.45) is 5.73 Å². The quantitative estimate of drug-likeness (QED) is 0.253. The molecule has 0 aliphatic carbocycles. The molecule has 0 spiro atoms. The fourth-order valence-corrected chi connectivity index (χ4v) is 3.53. The van der Waals surface area contributed by atoms with Gasteiger partial charge in [-0.15, -0.1) is 0 Å². The number of carbonyl (C=O) groups excluding carboxylic acids is 5. The van der Waals surface area contributed by atoms with Crippen molar-refractivity contribution < 1.29 is 33.4 Å². The summed E-state index contributed by atoms with van der Waals surface area (Å²) in [5.41, 5.74) is 5.51. The van der Waals surface area contributed by atoms with E-state index in [0.717, 1.165) is 4.90 Å². The van der Waals surface area contributed by atoms with Gasteiger partial charge < -0.3 is 30.7 Å². The molecule has 1 aromatic rings. The first-order chi connectivity index (χ1) is 17.8. The van der Waals surface area contributed by atoms with Crippen LogP contribution in [0.25, 0.3) is 0 Å². The van der Waals surface area contributed by atoms with Crippen LogP contribution in [0.15, 0.2) is 24.3 Å². The minimum absolute atomic E-state index is 0.0596. The van der Waals surface area contributed by atoms with Crippen molar-refractivity contribution >= 4 is 29.8 Å². The second kappa shape index (κ2) is 15.2. The Kier molecular flexibility index (Phi) is 12.7. The van der Waals surface area contributed by atoms with Crippen molar-refractivity contribution in [3.05, 3.63) is 35.4 Å². The molecule has 0 fully saturated rings. The molecule has 12 heteroatoms. The molecule has 2 unspecified atom stereocenters. The number of alkyl carbamates (subject to hydrolysis) is 1. The Morgan fingerprint density at radius 2 is 1.79 bits per heavy atom. The van der Waals surface area contributed by atoms with Crippen LogP contribution in [0.1, 0.15) is 64.1 Å². The third-order valence-corrected chi connectivity index (χ3v) is 5.17. The first kappa shape index (κ1) is 31.9. The molecule has 0 bridgehead atoms. The zero-order valence-electron chi connectivity index (χ0n) is 22.5. The van der Waals surface area contributed by atoms with Crippen molar-refractivity contribution in [3.8, 4) is 6.07 Å². The number of nitrogens with zero attached hydrogens (tertiary/aromatic N) is 2. The summed E-state index contributed by atoms with van der Waals surface area (Å²) in [5.74, 6) is -2.63. The Morgan fingerprint density at radius 3 is 2.34 bits per heavy atom. The molecule has 0 saturated carbocycles. The molecule has 12 nitrogen and oxygen atoms in total. The zero-order chi connectivity index (χ0) is 28.9. The molecule has 2 atom stereocenters. The van der Waals surface area contributed by atoms with E-state index in [-0.39, 0.29) is 32.4 Å². The molecule has 208 valence electrons. The molecule has 4 amide bonds. The Hall–Kier alpha value is -4.14. The molecule has 0 aliphatic rings. The van der Waals surface area contributed by atoms with Crippen molar-refractivity contribution in [1.29, 1.82) is 5.26 Å². The summed E-state index contributed by atoms with van der Waals surface area (Å²) in [4.78, 5) is 63.8. The number of carbonyl (C=O) groups is 5. The summed E-state index contributed by atoms with van der Waals surface area (Å²) in [7, 11) is 0. The average molecular weight is 532 g/mol. The molecular formula is C26H37N5O7. The number of amides is 4. The van der Waals surface area contributed by atoms with E-state index < -0.39 is 54.0 Å². The number of hydrogen-bond donors (Lipinski definition) is 3. The number of nitrogens with one attached hydrogen (secondary N) is 2. The minimum atomic E-state index is -1.32. The highest BCUT2D eigenvalue weighted by Crippen LogP contribution is 2.26. The van der Waals surface area contributed by atoms with Gasteiger partial charge in [-0.3, -0.25) is 19.2 Å². The molecule has 0 saturated heterocycles. The van der Waals surface area contributed by atoms with E-state index in [4.69, 9.17) is 15.2 Å². The number of rotatable bonds is 13. The van der Waals surface area contributed by atoms with Gasteiger partial charge >= 0.3 is 12.1 Å². The van der Waals surface area contributed by atoms with E-state index in [1.54, 1.807) is 58.9 Å². The van der Waals surface area contributed by atoms with Gasteiger partial charge in [-0.25, -0.2) is 4.79 Å². The number of aryl methyl sites for hydroxylation is 1. The highest BCUT2D eigenvalue weighted by Gasteiger charge is 2.37. The van der Waals surface area contributed by atoms with E-state index in [0.29, 0.717) is 11.1 Å². The van der Waals surface area contributed by atoms with Crippen LogP contribution in [0.5, 0.6) is 0 Å². The van der Waals surface area contributed by atoms with Gasteiger partial charge in [-0.1, -0.05) is 24.3 Å². The summed E-state index contributed by atoms with van der Waals surface area (Å²) in [6.45, 7) is 7.96. The molecular weight excluding hydrogens is 494 g/mol. The van der Waals surface area contributed by atoms with Crippen LogP contribution in [-0.2, 0) is 28.7 Å². The second-order valence-electron chi connectivity index (χ2n) is 9.43. The number of hydrogen-bond acceptors (Lipinski definition) is 8. The number of benzene rings is 1. The van der Waals surface area contributed by atoms with Crippen LogP contribution >= 0.6 is 0 Å². The van der Waals surface area contributed by atoms with Gasteiger partial charge in [0.2, 0.25) is 17.7 Å². The van der Waals surface area contributed by atoms with E-state index in [2.05, 4.69) is 10.6 Å². The summed E-state index contributed by atoms with van der Waals surface area (Å²) in [5, 5.41) is 14.6. The SMILES string of the molecule is CCOC(=O)CCNC(=O)C(c1ccccc1C)N(CC#N)C(=O)C(CCC(N)=O)NC(=O)OC(C)(C)C. The van der Waals surface area contributed by atoms with Crippen molar-refractivity contribution in [2.45, 2.75) is 71.6 Å². The number of nitriles is 1. The predicted octanol–water partition coefficient (Wildman–Crippen LogP) is 1.62. The molecule has 0 radical (unpaired) electrons. The standard InChI is InChI=1S/C26H37N5O7/c1-6-37-21(33)13-15-29-23(34)22(18-10-8-7-9-17(18)2)31(16-14-27)24(35)19(11-12-20(28)32)30-25(36)38-26(3,4)5/h7-10,19,22H,6,11-13,15-16H2,1-5H3,(H2,28,32)(H,29,34)(H,30,36). The normalized spacial score (nSPS) is 12.3. The zero-order valence-corrected chi connectivity index (χ0v) is 22.5. The van der Waals surface area contributed by atoms with Crippen molar-refractivity contribution in [3.63, 3.8) is 0 Å². The third-order valence-electron chi connectivity index (χ3n) is 5.17. The molecule has 0 aliphatic heterocycles. The highest BCUT2D eigenvalue weighted by molar-refractivity contribution is 5.93. The fourth-order valence-electron chi connectivity index (χ4n) is 3.53. The maximum absolute atomic E-state index is 13.7. The monoisotopic (exact) mass is 531 g/mol. The van der Waals surface area contributed by atoms with Gasteiger partial charge in [0.05, 0.1) is 19.1 Å². The van der Waals surface area contributed by atoms with Gasteiger partial charge in [0.1, 0.15) is 24.2 Å². The van der Waals surface area contributed by atoms with Crippen LogP contribution in [0.3, 0.4) is 0 Å². The Bertz CT molecular complexity index is 1050. The lowest BCUT2D eigenvalue weighted by Crippen LogP contribution is -2.53. The van der Waals surface area contributed by atoms with Crippen LogP contribution in [0, 0.1) is 18.3 Å². The second-order valence-corrected chi connectivity index (χ2v) is 9.43. The average Bonchev–Trinajstić information content (AvgIpc) is 2.81. The van der Waals surface area contributed by atoms with Crippen LogP contribution < -0.4 is 16.4 Å². The molecule has 38 heavy (non-hydrogen) atoms. The fraction of sp³-hybridized carbons (Fsp3) is 0.538. The number of nitrogens with two attached hydrogens (primary N) is 1. The van der Waals surface area contributed by atoms with Gasteiger partial charge in [-0.2, -0.15) is 5.26 Å². The predicted molar refractivity (Wildman–Crippen MR) is 137 cm³/mol. The summed E-state index contributed by atoms with van der Waals surface area (Å²) >= 11 is 0. The van der Waals surface area contributed by atoms with Crippen LogP contribution in [-0.4, -0.2) is 66.0 Å². The van der Waals surface area contributed by atoms with Crippen molar-refractivity contribution in [2.75, 3.05) is 19.7 Å². The maximum atomic E-state index is 13.7. The third kappa shape index (κ3) is 10.9. The number of ether oxygens (including phenoxy) is 2. The lowest BCUT2D eigenvalue weighted by Gasteiger charge is -2.33. The maximum Gasteiger partial charge on any atom is 0.408 e. The molecule has 0 heterocycles. The first-order valence-corrected chi connectivity index (χ1v) is 12.2. The Balaban J connectivity index is 3.39. The lowest BCUT2D eigenvalue weighted by atomic mass is 9.97. The lowest BCUT2D eigenvalue weighted by molar-refractivity contribution is -0.144. The van der Waals surface area contributed by atoms with Crippen molar-refractivity contribution in [1.82, 2.24) is 15.5 Å². The number of esters is 1. The Morgan fingerprint density at radius 1 is 1.13 bits per heavy atom. The number of primary amides is 1. The van der Waals surface area contributed by atoms with Gasteiger partial charge in [-0.05, 0) is 52.2 Å². The topological polar surface area (TPSA) is 181 Å². The molecule has 1 aromatic carbocycles. The molecule has 0 aromatic heterocycles. The van der Waals surface area contributed by atoms with E-state index in [1.807, 2.05) is 6.07 Å². The highest BCUT2D eigenvalue weighted by atomic mass is 16.6. The van der Waals surface area contributed by atoms with E-state index in [9.17, 15) is 29.2 Å². The van der Waals surface area contributed by atoms with Gasteiger partial charge in [0.25, 0.3) is 0 Å².